The second-order valence-electron chi connectivity index (χ2n) is 6.43. The van der Waals surface area contributed by atoms with E-state index >= 15 is 0 Å². The molecule has 0 radical (unpaired) electrons. The van der Waals surface area contributed by atoms with Crippen LogP contribution in [-0.2, 0) is 28.6 Å². The highest BCUT2D eigenvalue weighted by Crippen LogP contribution is 2.43. The Balaban J connectivity index is 2.82. The number of ether oxygens (including phenoxy) is 3. The zero-order valence-corrected chi connectivity index (χ0v) is 17.3. The SMILES string of the molecule is COC(=O)CN1C(C)=C(C(=O)OC)C(c2cccc([N+](=O)[O-])c2)C(C(=O)OC)=C1C. The highest BCUT2D eigenvalue weighted by atomic mass is 16.6. The molecule has 0 saturated carbocycles. The lowest BCUT2D eigenvalue weighted by Gasteiger charge is -2.37. The zero-order chi connectivity index (χ0) is 22.6. The Morgan fingerprint density at radius 3 is 1.97 bits per heavy atom. The first kappa shape index (κ1) is 22.6. The van der Waals surface area contributed by atoms with Crippen LogP contribution in [0.4, 0.5) is 5.69 Å². The molecule has 0 bridgehead atoms. The van der Waals surface area contributed by atoms with Crippen LogP contribution in [0.5, 0.6) is 0 Å². The number of carbonyl (C=O) groups is 3. The molecule has 0 aliphatic carbocycles. The molecule has 0 spiro atoms. The molecule has 0 saturated heterocycles. The van der Waals surface area contributed by atoms with Crippen LogP contribution < -0.4 is 0 Å². The summed E-state index contributed by atoms with van der Waals surface area (Å²) in [5, 5.41) is 11.3. The van der Waals surface area contributed by atoms with Gasteiger partial charge in [-0.2, -0.15) is 0 Å². The third-order valence-corrected chi connectivity index (χ3v) is 4.91. The van der Waals surface area contributed by atoms with E-state index in [0.29, 0.717) is 17.0 Å². The third-order valence-electron chi connectivity index (χ3n) is 4.91. The van der Waals surface area contributed by atoms with Gasteiger partial charge in [0.15, 0.2) is 0 Å². The van der Waals surface area contributed by atoms with Crippen LogP contribution in [0.3, 0.4) is 0 Å². The molecule has 10 nitrogen and oxygen atoms in total. The number of carbonyl (C=O) groups excluding carboxylic acids is 3. The normalized spacial score (nSPS) is 14.5. The van der Waals surface area contributed by atoms with Gasteiger partial charge in [0.05, 0.1) is 43.3 Å². The lowest BCUT2D eigenvalue weighted by Crippen LogP contribution is -2.37. The molecule has 0 atom stereocenters. The number of methoxy groups -OCH3 is 3. The second-order valence-corrected chi connectivity index (χ2v) is 6.43. The van der Waals surface area contributed by atoms with Crippen LogP contribution in [0.1, 0.15) is 25.3 Å². The van der Waals surface area contributed by atoms with Gasteiger partial charge in [-0.3, -0.25) is 14.9 Å². The molecule has 0 aromatic heterocycles. The Kier molecular flexibility index (Phi) is 6.93. The number of allylic oxidation sites excluding steroid dienone is 2. The molecular formula is C20H22N2O8. The molecule has 160 valence electrons. The van der Waals surface area contributed by atoms with Gasteiger partial charge in [-0.05, 0) is 19.4 Å². The minimum Gasteiger partial charge on any atom is -0.468 e. The van der Waals surface area contributed by atoms with Gasteiger partial charge in [0.2, 0.25) is 0 Å². The number of non-ortho nitro benzene ring substituents is 1. The highest BCUT2D eigenvalue weighted by molar-refractivity contribution is 6.00. The fraction of sp³-hybridized carbons (Fsp3) is 0.350. The number of hydrogen-bond donors (Lipinski definition) is 0. The molecular weight excluding hydrogens is 396 g/mol. The minimum atomic E-state index is -0.987. The molecule has 2 rings (SSSR count). The van der Waals surface area contributed by atoms with Crippen LogP contribution in [0, 0.1) is 10.1 Å². The number of nitro groups is 1. The number of hydrogen-bond acceptors (Lipinski definition) is 9. The number of benzene rings is 1. The fourth-order valence-corrected chi connectivity index (χ4v) is 3.44. The first-order chi connectivity index (χ1) is 14.2. The topological polar surface area (TPSA) is 125 Å². The van der Waals surface area contributed by atoms with E-state index in [1.807, 2.05) is 0 Å². The number of rotatable bonds is 6. The number of esters is 3. The molecule has 1 heterocycles. The first-order valence-corrected chi connectivity index (χ1v) is 8.84. The van der Waals surface area contributed by atoms with Crippen molar-refractivity contribution in [2.75, 3.05) is 27.9 Å². The van der Waals surface area contributed by atoms with E-state index < -0.39 is 28.7 Å². The molecule has 0 unspecified atom stereocenters. The van der Waals surface area contributed by atoms with Gasteiger partial charge in [-0.15, -0.1) is 0 Å². The Labute approximate surface area is 172 Å². The summed E-state index contributed by atoms with van der Waals surface area (Å²) in [6, 6.07) is 5.62. The smallest absolute Gasteiger partial charge is 0.336 e. The largest absolute Gasteiger partial charge is 0.468 e. The fourth-order valence-electron chi connectivity index (χ4n) is 3.44. The van der Waals surface area contributed by atoms with Crippen molar-refractivity contribution >= 4 is 23.6 Å². The van der Waals surface area contributed by atoms with Gasteiger partial charge in [0.25, 0.3) is 5.69 Å². The van der Waals surface area contributed by atoms with E-state index in [-0.39, 0.29) is 23.4 Å². The predicted molar refractivity (Wildman–Crippen MR) is 104 cm³/mol. The highest BCUT2D eigenvalue weighted by Gasteiger charge is 2.41. The average molecular weight is 418 g/mol. The Bertz CT molecular complexity index is 923. The van der Waals surface area contributed by atoms with Crippen LogP contribution in [-0.4, -0.2) is 55.6 Å². The molecule has 1 aliphatic rings. The Morgan fingerprint density at radius 2 is 1.53 bits per heavy atom. The molecule has 1 aromatic rings. The summed E-state index contributed by atoms with van der Waals surface area (Å²) in [7, 11) is 3.58. The first-order valence-electron chi connectivity index (χ1n) is 8.84. The standard InChI is InChI=1S/C20H22N2O8/c1-11-16(19(24)29-4)18(13-7-6-8-14(9-13)22(26)27)17(20(25)30-5)12(2)21(11)10-15(23)28-3/h6-9,18H,10H2,1-5H3. The predicted octanol–water partition coefficient (Wildman–Crippen LogP) is 2.06. The molecule has 0 fully saturated rings. The summed E-state index contributed by atoms with van der Waals surface area (Å²) < 4.78 is 14.5. The number of nitro benzene ring substituents is 1. The van der Waals surface area contributed by atoms with Crippen LogP contribution in [0.2, 0.25) is 0 Å². The van der Waals surface area contributed by atoms with Crippen molar-refractivity contribution in [1.29, 1.82) is 0 Å². The maximum atomic E-state index is 12.7. The summed E-state index contributed by atoms with van der Waals surface area (Å²) in [5.41, 5.74) is 0.971. The molecule has 0 N–H and O–H groups in total. The van der Waals surface area contributed by atoms with E-state index in [4.69, 9.17) is 14.2 Å². The molecule has 10 heteroatoms. The zero-order valence-electron chi connectivity index (χ0n) is 17.3. The number of nitrogens with zero attached hydrogens (tertiary/aromatic N) is 2. The van der Waals surface area contributed by atoms with Crippen molar-refractivity contribution in [3.63, 3.8) is 0 Å². The molecule has 30 heavy (non-hydrogen) atoms. The van der Waals surface area contributed by atoms with Gasteiger partial charge in [0.1, 0.15) is 6.54 Å². The quantitative estimate of drug-likeness (QED) is 0.295. The molecule has 0 amide bonds. The van der Waals surface area contributed by atoms with E-state index in [1.54, 1.807) is 19.9 Å². The molecule has 1 aliphatic heterocycles. The van der Waals surface area contributed by atoms with Crippen LogP contribution in [0.15, 0.2) is 46.8 Å². The van der Waals surface area contributed by atoms with Crippen LogP contribution >= 0.6 is 0 Å². The summed E-state index contributed by atoms with van der Waals surface area (Å²) in [6.07, 6.45) is 0. The van der Waals surface area contributed by atoms with Crippen LogP contribution in [0.25, 0.3) is 0 Å². The Hall–Kier alpha value is -3.69. The van der Waals surface area contributed by atoms with E-state index in [1.165, 1.54) is 44.4 Å². The molecule has 1 aromatic carbocycles. The third kappa shape index (κ3) is 4.17. The van der Waals surface area contributed by atoms with Gasteiger partial charge >= 0.3 is 17.9 Å². The van der Waals surface area contributed by atoms with Crippen molar-refractivity contribution in [2.45, 2.75) is 19.8 Å². The van der Waals surface area contributed by atoms with E-state index in [9.17, 15) is 24.5 Å². The summed E-state index contributed by atoms with van der Waals surface area (Å²) in [6.45, 7) is 2.94. The van der Waals surface area contributed by atoms with E-state index in [0.717, 1.165) is 0 Å². The summed E-state index contributed by atoms with van der Waals surface area (Å²) in [4.78, 5) is 49.5. The Morgan fingerprint density at radius 1 is 1.00 bits per heavy atom. The minimum absolute atomic E-state index is 0.0629. The van der Waals surface area contributed by atoms with Gasteiger partial charge in [0, 0.05) is 23.5 Å². The average Bonchev–Trinajstić information content (AvgIpc) is 2.74. The van der Waals surface area contributed by atoms with Gasteiger partial charge in [-0.1, -0.05) is 12.1 Å². The van der Waals surface area contributed by atoms with E-state index in [2.05, 4.69) is 0 Å². The van der Waals surface area contributed by atoms with Gasteiger partial charge < -0.3 is 19.1 Å². The van der Waals surface area contributed by atoms with Crippen molar-refractivity contribution < 1.29 is 33.5 Å². The maximum Gasteiger partial charge on any atom is 0.336 e. The van der Waals surface area contributed by atoms with Gasteiger partial charge in [-0.25, -0.2) is 9.59 Å². The summed E-state index contributed by atoms with van der Waals surface area (Å²) >= 11 is 0. The van der Waals surface area contributed by atoms with Crippen molar-refractivity contribution in [1.82, 2.24) is 4.90 Å². The van der Waals surface area contributed by atoms with Crippen molar-refractivity contribution in [3.05, 3.63) is 62.5 Å². The summed E-state index contributed by atoms with van der Waals surface area (Å²) in [5.74, 6) is -3.06. The lowest BCUT2D eigenvalue weighted by atomic mass is 9.79. The monoisotopic (exact) mass is 418 g/mol. The second kappa shape index (κ2) is 9.21. The lowest BCUT2D eigenvalue weighted by molar-refractivity contribution is -0.384. The maximum absolute atomic E-state index is 12.7. The van der Waals surface area contributed by atoms with Crippen molar-refractivity contribution in [3.8, 4) is 0 Å². The van der Waals surface area contributed by atoms with Crippen molar-refractivity contribution in [2.24, 2.45) is 0 Å².